The second-order valence-corrected chi connectivity index (χ2v) is 5.62. The van der Waals surface area contributed by atoms with E-state index < -0.39 is 17.6 Å². The van der Waals surface area contributed by atoms with E-state index in [0.29, 0.717) is 22.4 Å². The minimum atomic E-state index is -4.50. The number of para-hydroxylation sites is 1. The number of nitrogens with zero attached hydrogens (tertiary/aromatic N) is 2. The summed E-state index contributed by atoms with van der Waals surface area (Å²) < 4.78 is 43.6. The number of fused-ring (bicyclic) bond motifs is 1. The Morgan fingerprint density at radius 1 is 1.24 bits per heavy atom. The van der Waals surface area contributed by atoms with Crippen molar-refractivity contribution in [2.45, 2.75) is 12.7 Å². The molecule has 2 heterocycles. The van der Waals surface area contributed by atoms with E-state index in [1.54, 1.807) is 32.3 Å². The van der Waals surface area contributed by atoms with Gasteiger partial charge in [-0.25, -0.2) is 9.78 Å². The zero-order valence-electron chi connectivity index (χ0n) is 13.4. The lowest BCUT2D eigenvalue weighted by Gasteiger charge is -2.19. The monoisotopic (exact) mass is 352 g/mol. The Morgan fingerprint density at radius 3 is 2.68 bits per heavy atom. The van der Waals surface area contributed by atoms with Crippen LogP contribution in [0.5, 0.6) is 0 Å². The molecule has 0 atom stereocenters. The van der Waals surface area contributed by atoms with Crippen molar-refractivity contribution in [3.8, 4) is 0 Å². The van der Waals surface area contributed by atoms with E-state index in [9.17, 15) is 18.0 Å². The molecule has 2 aromatic heterocycles. The van der Waals surface area contributed by atoms with Gasteiger partial charge < -0.3 is 14.6 Å². The van der Waals surface area contributed by atoms with Gasteiger partial charge in [0.15, 0.2) is 5.58 Å². The Kier molecular flexibility index (Phi) is 4.15. The third kappa shape index (κ3) is 3.44. The number of alkyl halides is 3. The van der Waals surface area contributed by atoms with Gasteiger partial charge in [-0.3, -0.25) is 4.98 Å². The molecule has 0 fully saturated rings. The highest BCUT2D eigenvalue weighted by Gasteiger charge is 2.33. The lowest BCUT2D eigenvalue weighted by atomic mass is 10.2. The first kappa shape index (κ1) is 16.9. The maximum Gasteiger partial charge on any atom is 0.433 e. The zero-order valence-corrected chi connectivity index (χ0v) is 13.4. The first-order chi connectivity index (χ1) is 11.8. The predicted octanol–water partition coefficient (Wildman–Crippen LogP) is 3.21. The number of hydrogen-bond acceptors (Lipinski definition) is 5. The first-order valence-electron chi connectivity index (χ1n) is 7.36. The Hall–Kier alpha value is -2.97. The Balaban J connectivity index is 1.91. The lowest BCUT2D eigenvalue weighted by Crippen LogP contribution is -2.18. The SMILES string of the molecule is CN(C)c1nc(C(F)(F)F)ccc1CNc1cccc2[nH]c(=O)oc12. The van der Waals surface area contributed by atoms with Crippen LogP contribution in [0.15, 0.2) is 39.5 Å². The van der Waals surface area contributed by atoms with Crippen LogP contribution in [0.3, 0.4) is 0 Å². The summed E-state index contributed by atoms with van der Waals surface area (Å²) in [5.74, 6) is -0.362. The molecule has 2 N–H and O–H groups in total. The second-order valence-electron chi connectivity index (χ2n) is 5.62. The summed E-state index contributed by atoms with van der Waals surface area (Å²) in [6.45, 7) is 0.215. The van der Waals surface area contributed by atoms with Gasteiger partial charge in [0.25, 0.3) is 0 Å². The highest BCUT2D eigenvalue weighted by atomic mass is 19.4. The van der Waals surface area contributed by atoms with Crippen molar-refractivity contribution in [3.05, 3.63) is 52.1 Å². The standard InChI is InChI=1S/C16H15F3N4O2/c1-23(2)14-9(6-7-12(22-14)16(17,18)19)8-20-10-4-3-5-11-13(10)25-15(24)21-11/h3-7,20H,8H2,1-2H3,(H,21,24). The largest absolute Gasteiger partial charge is 0.433 e. The zero-order chi connectivity index (χ0) is 18.2. The number of hydrogen-bond donors (Lipinski definition) is 2. The van der Waals surface area contributed by atoms with E-state index in [2.05, 4.69) is 15.3 Å². The van der Waals surface area contributed by atoms with Crippen molar-refractivity contribution in [3.63, 3.8) is 0 Å². The van der Waals surface area contributed by atoms with Crippen molar-refractivity contribution >= 4 is 22.6 Å². The molecule has 0 aliphatic carbocycles. The molecule has 0 amide bonds. The summed E-state index contributed by atoms with van der Waals surface area (Å²) in [5, 5.41) is 3.07. The number of rotatable bonds is 4. The van der Waals surface area contributed by atoms with E-state index in [4.69, 9.17) is 4.42 Å². The molecular formula is C16H15F3N4O2. The minimum Gasteiger partial charge on any atom is -0.406 e. The van der Waals surface area contributed by atoms with Crippen LogP contribution in [-0.2, 0) is 12.7 Å². The van der Waals surface area contributed by atoms with Gasteiger partial charge in [0.2, 0.25) is 0 Å². The third-order valence-corrected chi connectivity index (χ3v) is 3.59. The van der Waals surface area contributed by atoms with Gasteiger partial charge in [-0.15, -0.1) is 0 Å². The van der Waals surface area contributed by atoms with Crippen LogP contribution in [0.4, 0.5) is 24.7 Å². The van der Waals surface area contributed by atoms with E-state index >= 15 is 0 Å². The number of halogens is 3. The average molecular weight is 352 g/mol. The van der Waals surface area contributed by atoms with Gasteiger partial charge in [-0.1, -0.05) is 12.1 Å². The fourth-order valence-corrected chi connectivity index (χ4v) is 2.46. The molecule has 0 aliphatic rings. The average Bonchev–Trinajstić information content (AvgIpc) is 2.92. The molecule has 0 saturated carbocycles. The molecule has 25 heavy (non-hydrogen) atoms. The molecule has 0 bridgehead atoms. The molecule has 9 heteroatoms. The van der Waals surface area contributed by atoms with Gasteiger partial charge in [0.1, 0.15) is 11.5 Å². The smallest absolute Gasteiger partial charge is 0.406 e. The number of H-pyrrole nitrogens is 1. The number of aromatic nitrogens is 2. The number of anilines is 2. The number of oxazole rings is 1. The summed E-state index contributed by atoms with van der Waals surface area (Å²) in [4.78, 5) is 19.1. The topological polar surface area (TPSA) is 74.2 Å². The minimum absolute atomic E-state index is 0.213. The van der Waals surface area contributed by atoms with E-state index in [-0.39, 0.29) is 12.4 Å². The molecule has 0 unspecified atom stereocenters. The maximum atomic E-state index is 12.8. The fraction of sp³-hybridized carbons (Fsp3) is 0.250. The molecule has 0 aliphatic heterocycles. The van der Waals surface area contributed by atoms with Crippen LogP contribution < -0.4 is 16.0 Å². The molecule has 0 spiro atoms. The maximum absolute atomic E-state index is 12.8. The molecule has 3 rings (SSSR count). The number of aromatic amines is 1. The van der Waals surface area contributed by atoms with Crippen molar-refractivity contribution in [1.82, 2.24) is 9.97 Å². The van der Waals surface area contributed by atoms with Crippen molar-refractivity contribution in [2.24, 2.45) is 0 Å². The van der Waals surface area contributed by atoms with E-state index in [1.165, 1.54) is 11.0 Å². The van der Waals surface area contributed by atoms with Gasteiger partial charge >= 0.3 is 11.9 Å². The lowest BCUT2D eigenvalue weighted by molar-refractivity contribution is -0.141. The van der Waals surface area contributed by atoms with Crippen LogP contribution in [0.1, 0.15) is 11.3 Å². The Morgan fingerprint density at radius 2 is 2.00 bits per heavy atom. The summed E-state index contributed by atoms with van der Waals surface area (Å²) >= 11 is 0. The molecule has 6 nitrogen and oxygen atoms in total. The van der Waals surface area contributed by atoms with E-state index in [1.807, 2.05) is 0 Å². The van der Waals surface area contributed by atoms with Gasteiger partial charge in [0, 0.05) is 26.2 Å². The fourth-order valence-electron chi connectivity index (χ4n) is 2.46. The van der Waals surface area contributed by atoms with Crippen LogP contribution in [0, 0.1) is 0 Å². The van der Waals surface area contributed by atoms with Crippen LogP contribution in [0.2, 0.25) is 0 Å². The molecule has 1 aromatic carbocycles. The van der Waals surface area contributed by atoms with Crippen LogP contribution in [-0.4, -0.2) is 24.1 Å². The molecular weight excluding hydrogens is 337 g/mol. The van der Waals surface area contributed by atoms with Crippen LogP contribution >= 0.6 is 0 Å². The molecule has 0 saturated heterocycles. The first-order valence-corrected chi connectivity index (χ1v) is 7.36. The summed E-state index contributed by atoms with van der Waals surface area (Å²) in [5.41, 5.74) is 1.08. The highest BCUT2D eigenvalue weighted by molar-refractivity contribution is 5.85. The van der Waals surface area contributed by atoms with Crippen molar-refractivity contribution < 1.29 is 17.6 Å². The summed E-state index contributed by atoms with van der Waals surface area (Å²) in [6.07, 6.45) is -4.50. The van der Waals surface area contributed by atoms with E-state index in [0.717, 1.165) is 6.07 Å². The predicted molar refractivity (Wildman–Crippen MR) is 87.7 cm³/mol. The normalized spacial score (nSPS) is 11.7. The molecule has 0 radical (unpaired) electrons. The summed E-state index contributed by atoms with van der Waals surface area (Å²) in [7, 11) is 3.25. The van der Waals surface area contributed by atoms with Crippen molar-refractivity contribution in [1.29, 1.82) is 0 Å². The van der Waals surface area contributed by atoms with Gasteiger partial charge in [0.05, 0.1) is 11.2 Å². The molecule has 3 aromatic rings. The Labute approximate surface area is 140 Å². The Bertz CT molecular complexity index is 960. The highest BCUT2D eigenvalue weighted by Crippen LogP contribution is 2.30. The number of nitrogens with one attached hydrogen (secondary N) is 2. The number of pyridine rings is 1. The van der Waals surface area contributed by atoms with Crippen LogP contribution in [0.25, 0.3) is 11.1 Å². The summed E-state index contributed by atoms with van der Waals surface area (Å²) in [6, 6.07) is 7.46. The molecule has 132 valence electrons. The third-order valence-electron chi connectivity index (χ3n) is 3.59. The van der Waals surface area contributed by atoms with Crippen molar-refractivity contribution in [2.75, 3.05) is 24.3 Å². The second kappa shape index (κ2) is 6.15. The van der Waals surface area contributed by atoms with Gasteiger partial charge in [-0.2, -0.15) is 13.2 Å². The quantitative estimate of drug-likeness (QED) is 0.754. The number of benzene rings is 1. The van der Waals surface area contributed by atoms with Gasteiger partial charge in [-0.05, 0) is 18.2 Å².